The van der Waals surface area contributed by atoms with Crippen molar-refractivity contribution in [1.29, 1.82) is 0 Å². The smallest absolute Gasteiger partial charge is 0.248 e. The maximum atomic E-state index is 13.2. The van der Waals surface area contributed by atoms with Crippen LogP contribution >= 0.6 is 0 Å². The summed E-state index contributed by atoms with van der Waals surface area (Å²) < 4.78 is 13.2. The van der Waals surface area contributed by atoms with Crippen LogP contribution in [0.1, 0.15) is 32.8 Å². The first-order valence-corrected chi connectivity index (χ1v) is 8.65. The van der Waals surface area contributed by atoms with Gasteiger partial charge in [0, 0.05) is 22.6 Å². The first kappa shape index (κ1) is 19.7. The molecule has 26 heavy (non-hydrogen) atoms. The van der Waals surface area contributed by atoms with Gasteiger partial charge in [0.05, 0.1) is 12.1 Å². The van der Waals surface area contributed by atoms with Crippen LogP contribution in [0.4, 0.5) is 4.39 Å². The van der Waals surface area contributed by atoms with E-state index in [4.69, 9.17) is 0 Å². The lowest BCUT2D eigenvalue weighted by Crippen LogP contribution is -2.47. The monoisotopic (exact) mass is 353 g/mol. The Bertz CT molecular complexity index is 822. The van der Waals surface area contributed by atoms with E-state index >= 15 is 0 Å². The number of halogens is 1. The summed E-state index contributed by atoms with van der Waals surface area (Å²) in [5.41, 5.74) is 1.29. The van der Waals surface area contributed by atoms with Crippen molar-refractivity contribution in [3.8, 4) is 11.8 Å². The average Bonchev–Trinajstić information content (AvgIpc) is 2.82. The van der Waals surface area contributed by atoms with Gasteiger partial charge in [-0.05, 0) is 50.6 Å². The number of rotatable bonds is 4. The van der Waals surface area contributed by atoms with Crippen molar-refractivity contribution < 1.29 is 14.3 Å². The van der Waals surface area contributed by atoms with Gasteiger partial charge in [-0.3, -0.25) is 4.79 Å². The van der Waals surface area contributed by atoms with Gasteiger partial charge in [0.1, 0.15) is 5.82 Å². The van der Waals surface area contributed by atoms with Gasteiger partial charge in [-0.15, -0.1) is 0 Å². The van der Waals surface area contributed by atoms with Gasteiger partial charge in [-0.2, -0.15) is 0 Å². The zero-order valence-electron chi connectivity index (χ0n) is 15.3. The summed E-state index contributed by atoms with van der Waals surface area (Å²) in [5.74, 6) is 5.39. The molecule has 1 aliphatic rings. The third-order valence-corrected chi connectivity index (χ3v) is 4.08. The second kappa shape index (κ2) is 8.64. The molecule has 136 valence electrons. The number of hydrogen-bond acceptors (Lipinski definition) is 2. The third kappa shape index (κ3) is 5.44. The number of carbonyl (C=O) groups excluding carboxylic acids is 1. The fourth-order valence-corrected chi connectivity index (χ4v) is 2.50. The normalized spacial score (nSPS) is 16.7. The second-order valence-electron chi connectivity index (χ2n) is 6.87. The molecule has 0 aromatic heterocycles. The molecule has 0 fully saturated rings. The molecule has 1 aliphatic carbocycles. The molecule has 0 saturated heterocycles. The highest BCUT2D eigenvalue weighted by Gasteiger charge is 2.24. The van der Waals surface area contributed by atoms with Crippen LogP contribution in [0.3, 0.4) is 0 Å². The number of carbonyl (C=O) groups is 1. The van der Waals surface area contributed by atoms with Crippen LogP contribution in [0.2, 0.25) is 0 Å². The molecule has 0 bridgehead atoms. The van der Waals surface area contributed by atoms with E-state index in [0.29, 0.717) is 11.1 Å². The zero-order chi connectivity index (χ0) is 19.2. The number of benzene rings is 1. The number of nitrogens with one attached hydrogen (secondary N) is 1. The van der Waals surface area contributed by atoms with Crippen LogP contribution in [0.5, 0.6) is 0 Å². The Morgan fingerprint density at radius 2 is 2.08 bits per heavy atom. The summed E-state index contributed by atoms with van der Waals surface area (Å²) in [6, 6.07) is 6.13. The van der Waals surface area contributed by atoms with Gasteiger partial charge >= 0.3 is 0 Å². The molecule has 0 heterocycles. The summed E-state index contributed by atoms with van der Waals surface area (Å²) in [7, 11) is 0. The molecule has 3 nitrogen and oxygen atoms in total. The van der Waals surface area contributed by atoms with Crippen LogP contribution in [0.15, 0.2) is 59.7 Å². The van der Waals surface area contributed by atoms with Gasteiger partial charge in [-0.25, -0.2) is 4.39 Å². The van der Waals surface area contributed by atoms with Crippen molar-refractivity contribution in [3.63, 3.8) is 0 Å². The lowest BCUT2D eigenvalue weighted by molar-refractivity contribution is -0.119. The molecule has 1 atom stereocenters. The molecule has 0 saturated carbocycles. The van der Waals surface area contributed by atoms with Crippen LogP contribution in [-0.4, -0.2) is 23.2 Å². The Morgan fingerprint density at radius 1 is 1.31 bits per heavy atom. The number of aliphatic hydroxyl groups excluding tert-OH is 1. The maximum Gasteiger partial charge on any atom is 0.248 e. The van der Waals surface area contributed by atoms with Crippen molar-refractivity contribution in [2.45, 2.75) is 32.7 Å². The molecule has 0 spiro atoms. The summed E-state index contributed by atoms with van der Waals surface area (Å²) in [6.07, 6.45) is 8.17. The molecule has 0 aliphatic heterocycles. The molecule has 1 amide bonds. The number of aliphatic hydroxyl groups is 1. The van der Waals surface area contributed by atoms with E-state index in [1.807, 2.05) is 19.1 Å². The Labute approximate surface area is 154 Å². The molecule has 4 heteroatoms. The fourth-order valence-electron chi connectivity index (χ4n) is 2.50. The Hall–Kier alpha value is -2.64. The van der Waals surface area contributed by atoms with Crippen LogP contribution in [-0.2, 0) is 4.79 Å². The van der Waals surface area contributed by atoms with Crippen molar-refractivity contribution in [2.24, 2.45) is 5.92 Å². The highest BCUT2D eigenvalue weighted by molar-refractivity contribution is 5.95. The Kier molecular flexibility index (Phi) is 6.54. The predicted molar refractivity (Wildman–Crippen MR) is 102 cm³/mol. The van der Waals surface area contributed by atoms with Gasteiger partial charge in [0.2, 0.25) is 5.91 Å². The molecule has 2 rings (SSSR count). The molecule has 1 unspecified atom stereocenters. The molecule has 2 N–H and O–H groups in total. The van der Waals surface area contributed by atoms with E-state index in [-0.39, 0.29) is 24.2 Å². The lowest BCUT2D eigenvalue weighted by Gasteiger charge is -2.25. The molecular formula is C22H24FNO2. The van der Waals surface area contributed by atoms with Crippen molar-refractivity contribution >= 4 is 5.91 Å². The van der Waals surface area contributed by atoms with E-state index < -0.39 is 5.54 Å². The standard InChI is InChI=1S/C22H24FNO2/c1-4-18-12-10-16(8-9-17-6-5-7-19(23)14-17)11-13-20(18)21(26)24-22(2,3)15-25/h5-7,10-14,18,25H,4,15H2,1-3H3,(H,24,26). The minimum atomic E-state index is -0.685. The Morgan fingerprint density at radius 3 is 2.73 bits per heavy atom. The minimum Gasteiger partial charge on any atom is -0.394 e. The first-order chi connectivity index (χ1) is 12.3. The molecule has 1 aromatic carbocycles. The summed E-state index contributed by atoms with van der Waals surface area (Å²) in [5, 5.41) is 12.2. The van der Waals surface area contributed by atoms with Crippen LogP contribution in [0.25, 0.3) is 0 Å². The predicted octanol–water partition coefficient (Wildman–Crippen LogP) is 3.51. The van der Waals surface area contributed by atoms with Crippen LogP contribution in [0, 0.1) is 23.6 Å². The topological polar surface area (TPSA) is 49.3 Å². The minimum absolute atomic E-state index is 0.0331. The van der Waals surface area contributed by atoms with Crippen LogP contribution < -0.4 is 5.32 Å². The van der Waals surface area contributed by atoms with Gasteiger partial charge < -0.3 is 10.4 Å². The number of amides is 1. The second-order valence-corrected chi connectivity index (χ2v) is 6.87. The molecular weight excluding hydrogens is 329 g/mol. The number of hydrogen-bond donors (Lipinski definition) is 2. The highest BCUT2D eigenvalue weighted by Crippen LogP contribution is 2.22. The quantitative estimate of drug-likeness (QED) is 0.814. The van der Waals surface area contributed by atoms with E-state index in [0.717, 1.165) is 12.0 Å². The summed E-state index contributed by atoms with van der Waals surface area (Å²) in [4.78, 5) is 12.6. The fraction of sp³-hybridized carbons (Fsp3) is 0.318. The van der Waals surface area contributed by atoms with Crippen molar-refractivity contribution in [3.05, 3.63) is 71.1 Å². The highest BCUT2D eigenvalue weighted by atomic mass is 19.1. The zero-order valence-corrected chi connectivity index (χ0v) is 15.3. The first-order valence-electron chi connectivity index (χ1n) is 8.65. The van der Waals surface area contributed by atoms with Gasteiger partial charge in [0.25, 0.3) is 0 Å². The molecule has 0 radical (unpaired) electrons. The van der Waals surface area contributed by atoms with E-state index in [9.17, 15) is 14.3 Å². The van der Waals surface area contributed by atoms with E-state index in [2.05, 4.69) is 17.2 Å². The molecule has 1 aromatic rings. The van der Waals surface area contributed by atoms with Gasteiger partial charge in [-0.1, -0.05) is 37.0 Å². The summed E-state index contributed by atoms with van der Waals surface area (Å²) >= 11 is 0. The third-order valence-electron chi connectivity index (χ3n) is 4.08. The van der Waals surface area contributed by atoms with Crippen molar-refractivity contribution in [2.75, 3.05) is 6.61 Å². The lowest BCUT2D eigenvalue weighted by atomic mass is 9.94. The van der Waals surface area contributed by atoms with Gasteiger partial charge in [0.15, 0.2) is 0 Å². The average molecular weight is 353 g/mol. The maximum absolute atomic E-state index is 13.2. The van der Waals surface area contributed by atoms with E-state index in [1.165, 1.54) is 12.1 Å². The van der Waals surface area contributed by atoms with Crippen molar-refractivity contribution in [1.82, 2.24) is 5.32 Å². The number of allylic oxidation sites excluding steroid dienone is 5. The summed E-state index contributed by atoms with van der Waals surface area (Å²) in [6.45, 7) is 5.41. The Balaban J connectivity index is 2.26. The SMILES string of the molecule is CCC1C=CC(C#Cc2cccc(F)c2)=CC=C1C(=O)NC(C)(C)CO. The van der Waals surface area contributed by atoms with E-state index in [1.54, 1.807) is 38.1 Å². The largest absolute Gasteiger partial charge is 0.394 e.